The summed E-state index contributed by atoms with van der Waals surface area (Å²) in [4.78, 5) is 14.3. The van der Waals surface area contributed by atoms with Gasteiger partial charge in [0.2, 0.25) is 5.91 Å². The minimum absolute atomic E-state index is 0.202. The zero-order chi connectivity index (χ0) is 18.4. The summed E-state index contributed by atoms with van der Waals surface area (Å²) < 4.78 is 7.22. The van der Waals surface area contributed by atoms with Crippen molar-refractivity contribution in [1.29, 1.82) is 0 Å². The Morgan fingerprint density at radius 3 is 2.88 bits per heavy atom. The molecule has 1 aliphatic heterocycles. The Balaban J connectivity index is 1.85. The lowest BCUT2D eigenvalue weighted by molar-refractivity contribution is -0.133. The zero-order valence-corrected chi connectivity index (χ0v) is 16.1. The lowest BCUT2D eigenvalue weighted by Gasteiger charge is -2.43. The Bertz CT molecular complexity index is 586. The molecular formula is C18H32N6O2. The molecule has 2 fully saturated rings. The molecule has 0 radical (unpaired) electrons. The van der Waals surface area contributed by atoms with Crippen LogP contribution in [0.5, 0.6) is 0 Å². The van der Waals surface area contributed by atoms with Gasteiger partial charge in [-0.3, -0.25) is 4.79 Å². The molecule has 1 N–H and O–H groups in total. The standard InChI is InChI=1S/C18H32N6O2/c1-3-16(25)23-12-6-10-18(14-23,19-11-7-13-26-2)17-20-21-22-24(17)15-8-4-5-9-15/h15,19H,3-14H2,1-2H3/t18-/m0/s1. The van der Waals surface area contributed by atoms with Crippen molar-refractivity contribution in [2.24, 2.45) is 0 Å². The monoisotopic (exact) mass is 364 g/mol. The number of rotatable bonds is 8. The fourth-order valence-electron chi connectivity index (χ4n) is 4.35. The van der Waals surface area contributed by atoms with E-state index in [2.05, 4.69) is 20.8 Å². The van der Waals surface area contributed by atoms with E-state index in [0.717, 1.165) is 51.0 Å². The molecule has 2 aliphatic rings. The molecule has 1 saturated heterocycles. The highest BCUT2D eigenvalue weighted by atomic mass is 16.5. The van der Waals surface area contributed by atoms with Crippen molar-refractivity contribution in [3.05, 3.63) is 5.82 Å². The molecule has 1 saturated carbocycles. The Kier molecular flexibility index (Phi) is 6.58. The van der Waals surface area contributed by atoms with Crippen molar-refractivity contribution in [1.82, 2.24) is 30.4 Å². The van der Waals surface area contributed by atoms with Gasteiger partial charge in [0, 0.05) is 33.2 Å². The van der Waals surface area contributed by atoms with Crippen molar-refractivity contribution in [3.8, 4) is 0 Å². The highest BCUT2D eigenvalue weighted by molar-refractivity contribution is 5.76. The van der Waals surface area contributed by atoms with Gasteiger partial charge >= 0.3 is 0 Å². The number of aromatic nitrogens is 4. The normalized spacial score (nSPS) is 24.3. The van der Waals surface area contributed by atoms with Crippen LogP contribution in [0.25, 0.3) is 0 Å². The summed E-state index contributed by atoms with van der Waals surface area (Å²) in [5, 5.41) is 16.5. The van der Waals surface area contributed by atoms with Gasteiger partial charge in [0.15, 0.2) is 5.82 Å². The predicted octanol–water partition coefficient (Wildman–Crippen LogP) is 1.64. The summed E-state index contributed by atoms with van der Waals surface area (Å²) in [5.41, 5.74) is -0.372. The molecule has 0 unspecified atom stereocenters. The Hall–Kier alpha value is -1.54. The molecule has 8 heteroatoms. The van der Waals surface area contributed by atoms with E-state index in [1.54, 1.807) is 7.11 Å². The van der Waals surface area contributed by atoms with Crippen molar-refractivity contribution >= 4 is 5.91 Å². The van der Waals surface area contributed by atoms with Crippen molar-refractivity contribution < 1.29 is 9.53 Å². The smallest absolute Gasteiger partial charge is 0.222 e. The maximum Gasteiger partial charge on any atom is 0.222 e. The number of hydrogen-bond donors (Lipinski definition) is 1. The quantitative estimate of drug-likeness (QED) is 0.706. The van der Waals surface area contributed by atoms with Crippen LogP contribution in [0.3, 0.4) is 0 Å². The van der Waals surface area contributed by atoms with Gasteiger partial charge in [-0.1, -0.05) is 19.8 Å². The first-order valence-corrected chi connectivity index (χ1v) is 10.0. The summed E-state index contributed by atoms with van der Waals surface area (Å²) in [7, 11) is 1.72. The molecular weight excluding hydrogens is 332 g/mol. The number of methoxy groups -OCH3 is 1. The van der Waals surface area contributed by atoms with Crippen molar-refractivity contribution in [2.75, 3.05) is 33.4 Å². The fourth-order valence-corrected chi connectivity index (χ4v) is 4.35. The van der Waals surface area contributed by atoms with Crippen LogP contribution < -0.4 is 5.32 Å². The molecule has 0 aromatic carbocycles. The number of likely N-dealkylation sites (tertiary alicyclic amines) is 1. The van der Waals surface area contributed by atoms with E-state index in [4.69, 9.17) is 4.74 Å². The van der Waals surface area contributed by atoms with Crippen LogP contribution in [-0.2, 0) is 15.1 Å². The van der Waals surface area contributed by atoms with Gasteiger partial charge in [-0.2, -0.15) is 0 Å². The number of nitrogens with zero attached hydrogens (tertiary/aromatic N) is 5. The van der Waals surface area contributed by atoms with Gasteiger partial charge in [-0.15, -0.1) is 5.10 Å². The minimum Gasteiger partial charge on any atom is -0.385 e. The highest BCUT2D eigenvalue weighted by Gasteiger charge is 2.43. The molecule has 3 rings (SSSR count). The third-order valence-corrected chi connectivity index (χ3v) is 5.73. The minimum atomic E-state index is -0.372. The second-order valence-corrected chi connectivity index (χ2v) is 7.51. The molecule has 146 valence electrons. The van der Waals surface area contributed by atoms with Gasteiger partial charge in [-0.05, 0) is 49.1 Å². The Morgan fingerprint density at radius 2 is 2.15 bits per heavy atom. The lowest BCUT2D eigenvalue weighted by atomic mass is 9.87. The molecule has 1 aromatic rings. The highest BCUT2D eigenvalue weighted by Crippen LogP contribution is 2.35. The average Bonchev–Trinajstić information content (AvgIpc) is 3.36. The third kappa shape index (κ3) is 4.06. The van der Waals surface area contributed by atoms with Crippen LogP contribution in [0.2, 0.25) is 0 Å². The fraction of sp³-hybridized carbons (Fsp3) is 0.889. The third-order valence-electron chi connectivity index (χ3n) is 5.73. The molecule has 1 aromatic heterocycles. The lowest BCUT2D eigenvalue weighted by Crippen LogP contribution is -2.57. The first-order valence-electron chi connectivity index (χ1n) is 10.0. The summed E-state index contributed by atoms with van der Waals surface area (Å²) >= 11 is 0. The van der Waals surface area contributed by atoms with E-state index in [1.165, 1.54) is 12.8 Å². The molecule has 0 spiro atoms. The molecule has 8 nitrogen and oxygen atoms in total. The van der Waals surface area contributed by atoms with Crippen LogP contribution in [0.1, 0.15) is 70.2 Å². The predicted molar refractivity (Wildman–Crippen MR) is 97.6 cm³/mol. The SMILES string of the molecule is CCC(=O)N1CCC[C@@](NCCCOC)(c2nnnn2C2CCCC2)C1. The first kappa shape index (κ1) is 19.2. The second-order valence-electron chi connectivity index (χ2n) is 7.51. The van der Waals surface area contributed by atoms with Crippen LogP contribution in [0.4, 0.5) is 0 Å². The van der Waals surface area contributed by atoms with Gasteiger partial charge in [0.1, 0.15) is 0 Å². The number of ether oxygens (including phenoxy) is 1. The van der Waals surface area contributed by atoms with Crippen LogP contribution in [0.15, 0.2) is 0 Å². The number of hydrogen-bond acceptors (Lipinski definition) is 6. The zero-order valence-electron chi connectivity index (χ0n) is 16.1. The second kappa shape index (κ2) is 8.90. The van der Waals surface area contributed by atoms with E-state index in [0.29, 0.717) is 25.6 Å². The first-order chi connectivity index (χ1) is 12.7. The molecule has 2 heterocycles. The van der Waals surface area contributed by atoms with Crippen molar-refractivity contribution in [2.45, 2.75) is 69.9 Å². The molecule has 1 atom stereocenters. The Labute approximate surface area is 155 Å². The van der Waals surface area contributed by atoms with Gasteiger partial charge in [-0.25, -0.2) is 4.68 Å². The summed E-state index contributed by atoms with van der Waals surface area (Å²) in [6.45, 7) is 4.92. The molecule has 1 amide bonds. The van der Waals surface area contributed by atoms with E-state index in [1.807, 2.05) is 16.5 Å². The summed E-state index contributed by atoms with van der Waals surface area (Å²) in [6.07, 6.45) is 8.10. The number of nitrogens with one attached hydrogen (secondary N) is 1. The number of piperidine rings is 1. The van der Waals surface area contributed by atoms with E-state index in [-0.39, 0.29) is 11.4 Å². The molecule has 1 aliphatic carbocycles. The van der Waals surface area contributed by atoms with Gasteiger partial charge in [0.25, 0.3) is 0 Å². The van der Waals surface area contributed by atoms with E-state index < -0.39 is 0 Å². The number of carbonyl (C=O) groups excluding carboxylic acids is 1. The molecule has 26 heavy (non-hydrogen) atoms. The topological polar surface area (TPSA) is 85.2 Å². The van der Waals surface area contributed by atoms with Crippen LogP contribution in [-0.4, -0.2) is 64.4 Å². The largest absolute Gasteiger partial charge is 0.385 e. The maximum atomic E-state index is 12.4. The average molecular weight is 364 g/mol. The van der Waals surface area contributed by atoms with Gasteiger partial charge in [0.05, 0.1) is 11.6 Å². The Morgan fingerprint density at radius 1 is 1.35 bits per heavy atom. The number of carbonyl (C=O) groups is 1. The van der Waals surface area contributed by atoms with Crippen molar-refractivity contribution in [3.63, 3.8) is 0 Å². The number of amides is 1. The van der Waals surface area contributed by atoms with Crippen LogP contribution in [0, 0.1) is 0 Å². The van der Waals surface area contributed by atoms with Crippen LogP contribution >= 0.6 is 0 Å². The van der Waals surface area contributed by atoms with E-state index >= 15 is 0 Å². The summed E-state index contributed by atoms with van der Waals surface area (Å²) in [6, 6.07) is 0.384. The maximum absolute atomic E-state index is 12.4. The molecule has 0 bridgehead atoms. The number of tetrazole rings is 1. The van der Waals surface area contributed by atoms with Gasteiger partial charge < -0.3 is 15.0 Å². The summed E-state index contributed by atoms with van der Waals surface area (Å²) in [5.74, 6) is 1.10. The van der Waals surface area contributed by atoms with E-state index in [9.17, 15) is 4.79 Å².